The standard InChI is InChI=1S/C22H20N4O/c23-13-18-5-3-17(4-6-18)12-20-15-25(16-24-20)14-19-7-9-21(10-8-19)26-11-1-2-22(26)27/h3-10,15-16H,1-2,11-12,14H2. The Kier molecular flexibility index (Phi) is 4.71. The number of hydrogen-bond donors (Lipinski definition) is 0. The van der Waals surface area contributed by atoms with Crippen molar-refractivity contribution in [2.24, 2.45) is 0 Å². The number of carbonyl (C=O) groups excluding carboxylic acids is 1. The maximum atomic E-state index is 11.8. The molecule has 0 atom stereocenters. The van der Waals surface area contributed by atoms with Crippen LogP contribution in [0.25, 0.3) is 0 Å². The van der Waals surface area contributed by atoms with E-state index in [1.54, 1.807) is 0 Å². The molecule has 0 N–H and O–H groups in total. The molecule has 2 heterocycles. The van der Waals surface area contributed by atoms with Crippen molar-refractivity contribution in [1.82, 2.24) is 9.55 Å². The summed E-state index contributed by atoms with van der Waals surface area (Å²) in [4.78, 5) is 18.2. The molecule has 0 spiro atoms. The van der Waals surface area contributed by atoms with E-state index in [4.69, 9.17) is 5.26 Å². The van der Waals surface area contributed by atoms with Crippen molar-refractivity contribution in [3.8, 4) is 6.07 Å². The van der Waals surface area contributed by atoms with Crippen LogP contribution in [0.5, 0.6) is 0 Å². The van der Waals surface area contributed by atoms with Gasteiger partial charge in [0.15, 0.2) is 0 Å². The van der Waals surface area contributed by atoms with Gasteiger partial charge in [0, 0.05) is 37.8 Å². The van der Waals surface area contributed by atoms with E-state index in [0.717, 1.165) is 42.9 Å². The monoisotopic (exact) mass is 356 g/mol. The number of anilines is 1. The number of imidazole rings is 1. The van der Waals surface area contributed by atoms with Crippen molar-refractivity contribution in [3.63, 3.8) is 0 Å². The van der Waals surface area contributed by atoms with Gasteiger partial charge >= 0.3 is 0 Å². The summed E-state index contributed by atoms with van der Waals surface area (Å²) in [6.07, 6.45) is 6.23. The Balaban J connectivity index is 1.40. The largest absolute Gasteiger partial charge is 0.333 e. The number of nitriles is 1. The highest BCUT2D eigenvalue weighted by Gasteiger charge is 2.21. The third kappa shape index (κ3) is 3.90. The molecule has 1 fully saturated rings. The van der Waals surface area contributed by atoms with E-state index >= 15 is 0 Å². The molecule has 0 saturated carbocycles. The maximum Gasteiger partial charge on any atom is 0.227 e. The Hall–Kier alpha value is -3.39. The molecule has 0 unspecified atom stereocenters. The number of carbonyl (C=O) groups is 1. The van der Waals surface area contributed by atoms with E-state index < -0.39 is 0 Å². The van der Waals surface area contributed by atoms with Gasteiger partial charge in [-0.1, -0.05) is 24.3 Å². The summed E-state index contributed by atoms with van der Waals surface area (Å²) in [5.41, 5.74) is 4.96. The summed E-state index contributed by atoms with van der Waals surface area (Å²) in [6.45, 7) is 1.56. The molecule has 1 saturated heterocycles. The van der Waals surface area contributed by atoms with E-state index in [1.807, 2.05) is 47.6 Å². The number of amides is 1. The Morgan fingerprint density at radius 2 is 1.78 bits per heavy atom. The van der Waals surface area contributed by atoms with E-state index in [0.29, 0.717) is 12.0 Å². The lowest BCUT2D eigenvalue weighted by molar-refractivity contribution is -0.117. The molecule has 134 valence electrons. The fourth-order valence-corrected chi connectivity index (χ4v) is 3.40. The molecule has 0 aliphatic carbocycles. The van der Waals surface area contributed by atoms with Crippen molar-refractivity contribution in [2.75, 3.05) is 11.4 Å². The Morgan fingerprint density at radius 1 is 1.04 bits per heavy atom. The van der Waals surface area contributed by atoms with Gasteiger partial charge in [-0.05, 0) is 41.8 Å². The van der Waals surface area contributed by atoms with E-state index in [-0.39, 0.29) is 5.91 Å². The van der Waals surface area contributed by atoms with Crippen molar-refractivity contribution < 1.29 is 4.79 Å². The quantitative estimate of drug-likeness (QED) is 0.703. The number of aromatic nitrogens is 2. The number of hydrogen-bond acceptors (Lipinski definition) is 3. The second-order valence-electron chi connectivity index (χ2n) is 6.84. The van der Waals surface area contributed by atoms with Crippen LogP contribution in [-0.2, 0) is 17.8 Å². The second kappa shape index (κ2) is 7.46. The summed E-state index contributed by atoms with van der Waals surface area (Å²) >= 11 is 0. The van der Waals surface area contributed by atoms with Crippen LogP contribution in [0.4, 0.5) is 5.69 Å². The molecule has 1 aliphatic rings. The molecular formula is C22H20N4O. The van der Waals surface area contributed by atoms with Gasteiger partial charge in [0.25, 0.3) is 0 Å². The lowest BCUT2D eigenvalue weighted by atomic mass is 10.1. The van der Waals surface area contributed by atoms with Crippen LogP contribution < -0.4 is 4.90 Å². The minimum Gasteiger partial charge on any atom is -0.333 e. The van der Waals surface area contributed by atoms with Gasteiger partial charge in [-0.3, -0.25) is 4.79 Å². The summed E-state index contributed by atoms with van der Waals surface area (Å²) in [6, 6.07) is 17.9. The van der Waals surface area contributed by atoms with Crippen molar-refractivity contribution in [2.45, 2.75) is 25.8 Å². The molecule has 1 aliphatic heterocycles. The maximum absolute atomic E-state index is 11.8. The highest BCUT2D eigenvalue weighted by atomic mass is 16.2. The first-order valence-corrected chi connectivity index (χ1v) is 9.10. The normalized spacial score (nSPS) is 13.7. The fraction of sp³-hybridized carbons (Fsp3) is 0.227. The van der Waals surface area contributed by atoms with Gasteiger partial charge in [0.2, 0.25) is 5.91 Å². The first-order valence-electron chi connectivity index (χ1n) is 9.10. The summed E-state index contributed by atoms with van der Waals surface area (Å²) in [5, 5.41) is 8.87. The van der Waals surface area contributed by atoms with Crippen LogP contribution >= 0.6 is 0 Å². The third-order valence-corrected chi connectivity index (χ3v) is 4.84. The van der Waals surface area contributed by atoms with Crippen LogP contribution in [0.2, 0.25) is 0 Å². The Labute approximate surface area is 158 Å². The molecule has 5 heteroatoms. The van der Waals surface area contributed by atoms with E-state index in [9.17, 15) is 4.79 Å². The molecule has 2 aromatic carbocycles. The lowest BCUT2D eigenvalue weighted by Crippen LogP contribution is -2.23. The Bertz CT molecular complexity index is 980. The molecule has 1 amide bonds. The average Bonchev–Trinajstić information content (AvgIpc) is 3.32. The van der Waals surface area contributed by atoms with E-state index in [2.05, 4.69) is 33.9 Å². The zero-order valence-electron chi connectivity index (χ0n) is 15.0. The van der Waals surface area contributed by atoms with E-state index in [1.165, 1.54) is 5.56 Å². The van der Waals surface area contributed by atoms with Crippen LogP contribution in [0.15, 0.2) is 61.1 Å². The molecule has 4 rings (SSSR count). The minimum absolute atomic E-state index is 0.213. The summed E-state index contributed by atoms with van der Waals surface area (Å²) in [5.74, 6) is 0.213. The third-order valence-electron chi connectivity index (χ3n) is 4.84. The zero-order chi connectivity index (χ0) is 18.6. The molecule has 0 bridgehead atoms. The van der Waals surface area contributed by atoms with Crippen molar-refractivity contribution >= 4 is 11.6 Å². The molecule has 3 aromatic rings. The van der Waals surface area contributed by atoms with Gasteiger partial charge in [0.1, 0.15) is 0 Å². The number of nitrogens with zero attached hydrogens (tertiary/aromatic N) is 4. The van der Waals surface area contributed by atoms with Crippen LogP contribution in [0, 0.1) is 11.3 Å². The topological polar surface area (TPSA) is 61.9 Å². The number of rotatable bonds is 5. The van der Waals surface area contributed by atoms with Gasteiger partial charge < -0.3 is 9.47 Å². The SMILES string of the molecule is N#Cc1ccc(Cc2cn(Cc3ccc(N4CCCC4=O)cc3)cn2)cc1. The van der Waals surface area contributed by atoms with Gasteiger partial charge in [-0.2, -0.15) is 5.26 Å². The van der Waals surface area contributed by atoms with Crippen molar-refractivity contribution in [1.29, 1.82) is 5.26 Å². The molecular weight excluding hydrogens is 336 g/mol. The number of benzene rings is 2. The first-order chi connectivity index (χ1) is 13.2. The molecule has 1 aromatic heterocycles. The summed E-state index contributed by atoms with van der Waals surface area (Å²) < 4.78 is 2.06. The molecule has 5 nitrogen and oxygen atoms in total. The highest BCUT2D eigenvalue weighted by Crippen LogP contribution is 2.22. The molecule has 27 heavy (non-hydrogen) atoms. The predicted octanol–water partition coefficient (Wildman–Crippen LogP) is 3.52. The average molecular weight is 356 g/mol. The highest BCUT2D eigenvalue weighted by molar-refractivity contribution is 5.95. The first kappa shape index (κ1) is 17.0. The van der Waals surface area contributed by atoms with Gasteiger partial charge in [0.05, 0.1) is 23.7 Å². The lowest BCUT2D eigenvalue weighted by Gasteiger charge is -2.16. The molecule has 0 radical (unpaired) electrons. The van der Waals surface area contributed by atoms with Crippen molar-refractivity contribution in [3.05, 3.63) is 83.4 Å². The van der Waals surface area contributed by atoms with Crippen LogP contribution in [0.1, 0.15) is 35.2 Å². The van der Waals surface area contributed by atoms with Crippen LogP contribution in [-0.4, -0.2) is 22.0 Å². The van der Waals surface area contributed by atoms with Crippen LogP contribution in [0.3, 0.4) is 0 Å². The smallest absolute Gasteiger partial charge is 0.227 e. The zero-order valence-corrected chi connectivity index (χ0v) is 15.0. The van der Waals surface area contributed by atoms with Gasteiger partial charge in [-0.15, -0.1) is 0 Å². The predicted molar refractivity (Wildman–Crippen MR) is 103 cm³/mol. The van der Waals surface area contributed by atoms with Gasteiger partial charge in [-0.25, -0.2) is 4.98 Å². The summed E-state index contributed by atoms with van der Waals surface area (Å²) in [7, 11) is 0. The Morgan fingerprint density at radius 3 is 2.44 bits per heavy atom. The second-order valence-corrected chi connectivity index (χ2v) is 6.84. The fourth-order valence-electron chi connectivity index (χ4n) is 3.40. The minimum atomic E-state index is 0.213.